The minimum absolute atomic E-state index is 0.0460. The van der Waals surface area contributed by atoms with E-state index in [1.54, 1.807) is 86.6 Å². The summed E-state index contributed by atoms with van der Waals surface area (Å²) in [6, 6.07) is 6.41. The summed E-state index contributed by atoms with van der Waals surface area (Å²) in [6.07, 6.45) is -2.11. The quantitative estimate of drug-likeness (QED) is 0.171. The lowest BCUT2D eigenvalue weighted by Crippen LogP contribution is -2.58. The smallest absolute Gasteiger partial charge is 0.408 e. The van der Waals surface area contributed by atoms with Gasteiger partial charge in [-0.25, -0.2) is 9.59 Å². The minimum atomic E-state index is -1.27. The monoisotopic (exact) mass is 594 g/mol. The molecule has 0 aliphatic carbocycles. The first-order chi connectivity index (χ1) is 19.2. The van der Waals surface area contributed by atoms with Crippen molar-refractivity contribution >= 4 is 30.0 Å². The third-order valence-corrected chi connectivity index (χ3v) is 4.88. The van der Waals surface area contributed by atoms with Crippen LogP contribution < -0.4 is 21.5 Å². The first-order valence-electron chi connectivity index (χ1n) is 13.7. The molecular weight excluding hydrogens is 548 g/mol. The molecule has 42 heavy (non-hydrogen) atoms. The molecule has 0 unspecified atom stereocenters. The largest absolute Gasteiger partial charge is 0.460 e. The summed E-state index contributed by atoms with van der Waals surface area (Å²) in [5.41, 5.74) is 3.00. The number of benzene rings is 1. The molecule has 1 aromatic carbocycles. The molecule has 0 spiro atoms. The highest BCUT2D eigenvalue weighted by atomic mass is 16.6. The Morgan fingerprint density at radius 3 is 1.74 bits per heavy atom. The zero-order valence-corrected chi connectivity index (χ0v) is 26.0. The summed E-state index contributed by atoms with van der Waals surface area (Å²) in [7, 11) is 0. The number of hydrogen-bond acceptors (Lipinski definition) is 9. The van der Waals surface area contributed by atoms with E-state index >= 15 is 0 Å². The third kappa shape index (κ3) is 17.1. The summed E-state index contributed by atoms with van der Waals surface area (Å²) >= 11 is 0. The number of alkyl carbamates (subject to hydrolysis) is 2. The van der Waals surface area contributed by atoms with Crippen LogP contribution in [0.2, 0.25) is 0 Å². The summed E-state index contributed by atoms with van der Waals surface area (Å²) in [6.45, 7) is 15.2. The Labute approximate surface area is 247 Å². The Morgan fingerprint density at radius 1 is 0.690 bits per heavy atom. The molecule has 0 aliphatic heterocycles. The van der Waals surface area contributed by atoms with Crippen LogP contribution >= 0.6 is 0 Å². The van der Waals surface area contributed by atoms with Gasteiger partial charge in [-0.05, 0) is 74.3 Å². The number of esters is 1. The maximum Gasteiger partial charge on any atom is 0.408 e. The minimum Gasteiger partial charge on any atom is -0.460 e. The fourth-order valence-electron chi connectivity index (χ4n) is 3.09. The lowest BCUT2D eigenvalue weighted by molar-refractivity contribution is -0.155. The van der Waals surface area contributed by atoms with E-state index in [1.165, 1.54) is 0 Å². The van der Waals surface area contributed by atoms with Gasteiger partial charge in [-0.15, -0.1) is 0 Å². The van der Waals surface area contributed by atoms with Crippen LogP contribution in [0.1, 0.15) is 80.7 Å². The molecule has 0 fully saturated rings. The lowest BCUT2D eigenvalue weighted by atomic mass is 10.1. The van der Waals surface area contributed by atoms with Crippen LogP contribution in [0.15, 0.2) is 30.3 Å². The van der Waals surface area contributed by atoms with Gasteiger partial charge in [0.05, 0.1) is 12.2 Å². The molecule has 13 nitrogen and oxygen atoms in total. The number of amides is 4. The Balaban J connectivity index is 2.91. The number of carbonyl (C=O) groups is 5. The van der Waals surface area contributed by atoms with Gasteiger partial charge in [-0.1, -0.05) is 30.3 Å². The molecule has 4 amide bonds. The van der Waals surface area contributed by atoms with E-state index in [2.05, 4.69) is 21.5 Å². The second-order valence-electron chi connectivity index (χ2n) is 12.5. The van der Waals surface area contributed by atoms with Crippen molar-refractivity contribution in [3.05, 3.63) is 35.9 Å². The molecule has 4 N–H and O–H groups in total. The van der Waals surface area contributed by atoms with Gasteiger partial charge in [0, 0.05) is 6.42 Å². The van der Waals surface area contributed by atoms with Crippen LogP contribution in [0.5, 0.6) is 0 Å². The Hall–Kier alpha value is -3.87. The number of hydrazine groups is 1. The predicted molar refractivity (Wildman–Crippen MR) is 154 cm³/mol. The van der Waals surface area contributed by atoms with Crippen LogP contribution in [-0.2, 0) is 39.9 Å². The number of rotatable bonds is 11. The van der Waals surface area contributed by atoms with Gasteiger partial charge in [-0.3, -0.25) is 25.2 Å². The topological polar surface area (TPSA) is 170 Å². The van der Waals surface area contributed by atoms with Crippen LogP contribution in [0.3, 0.4) is 0 Å². The fourth-order valence-corrected chi connectivity index (χ4v) is 3.09. The van der Waals surface area contributed by atoms with Crippen molar-refractivity contribution in [1.29, 1.82) is 0 Å². The van der Waals surface area contributed by atoms with Crippen molar-refractivity contribution in [1.82, 2.24) is 21.5 Å². The van der Waals surface area contributed by atoms with Gasteiger partial charge in [0.1, 0.15) is 29.9 Å². The van der Waals surface area contributed by atoms with Crippen LogP contribution in [0.4, 0.5) is 9.59 Å². The van der Waals surface area contributed by atoms with Gasteiger partial charge in [0.2, 0.25) is 0 Å². The van der Waals surface area contributed by atoms with Crippen LogP contribution in [0, 0.1) is 0 Å². The van der Waals surface area contributed by atoms with Crippen molar-refractivity contribution in [2.24, 2.45) is 0 Å². The number of nitrogens with one attached hydrogen (secondary N) is 4. The maximum atomic E-state index is 13.0. The molecule has 0 radical (unpaired) electrons. The lowest BCUT2D eigenvalue weighted by Gasteiger charge is -2.26. The summed E-state index contributed by atoms with van der Waals surface area (Å²) < 4.78 is 21.4. The molecule has 0 bridgehead atoms. The third-order valence-electron chi connectivity index (χ3n) is 4.88. The van der Waals surface area contributed by atoms with E-state index in [9.17, 15) is 24.0 Å². The number of ether oxygens (including phenoxy) is 4. The summed E-state index contributed by atoms with van der Waals surface area (Å²) in [4.78, 5) is 63.0. The zero-order valence-electron chi connectivity index (χ0n) is 26.0. The maximum absolute atomic E-state index is 13.0. The second-order valence-corrected chi connectivity index (χ2v) is 12.5. The Bertz CT molecular complexity index is 1060. The van der Waals surface area contributed by atoms with E-state index < -0.39 is 58.9 Å². The standard InChI is InChI=1S/C29H46N4O9/c1-27(2,3)40-18-21(31-26(38)42-29(7,8)9)24(36)33-32-23(35)20(15-16-22(34)41-28(4,5)6)30-25(37)39-17-19-13-11-10-12-14-19/h10-14,20-21H,15-18H2,1-9H3,(H,30,37)(H,31,38)(H,32,35)(H,33,36)/t20-,21-/m0/s1. The average Bonchev–Trinajstić information content (AvgIpc) is 2.84. The first-order valence-corrected chi connectivity index (χ1v) is 13.7. The molecule has 0 saturated heterocycles. The molecule has 2 atom stereocenters. The molecule has 1 rings (SSSR count). The zero-order chi connectivity index (χ0) is 32.1. The van der Waals surface area contributed by atoms with Crippen molar-refractivity contribution in [2.45, 2.75) is 111 Å². The predicted octanol–water partition coefficient (Wildman–Crippen LogP) is 3.26. The van der Waals surface area contributed by atoms with Crippen molar-refractivity contribution in [3.63, 3.8) is 0 Å². The molecule has 1 aromatic rings. The molecule has 13 heteroatoms. The first kappa shape index (κ1) is 36.2. The van der Waals surface area contributed by atoms with Crippen LogP contribution in [0.25, 0.3) is 0 Å². The fraction of sp³-hybridized carbons (Fsp3) is 0.621. The Kier molecular flexibility index (Phi) is 13.7. The van der Waals surface area contributed by atoms with Gasteiger partial charge >= 0.3 is 18.2 Å². The summed E-state index contributed by atoms with van der Waals surface area (Å²) in [5.74, 6) is -2.22. The molecule has 0 aromatic heterocycles. The molecule has 236 valence electrons. The SMILES string of the molecule is CC(C)(C)OC[C@H](NC(=O)OC(C)(C)C)C(=O)NNC(=O)[C@H](CCC(=O)OC(C)(C)C)NC(=O)OCc1ccccc1. The highest BCUT2D eigenvalue weighted by molar-refractivity contribution is 5.90. The van der Waals surface area contributed by atoms with Crippen molar-refractivity contribution < 1.29 is 42.9 Å². The van der Waals surface area contributed by atoms with E-state index in [4.69, 9.17) is 18.9 Å². The highest BCUT2D eigenvalue weighted by Crippen LogP contribution is 2.12. The van der Waals surface area contributed by atoms with Crippen LogP contribution in [-0.4, -0.2) is 65.5 Å². The number of hydrogen-bond donors (Lipinski definition) is 4. The Morgan fingerprint density at radius 2 is 1.21 bits per heavy atom. The molecule has 0 aliphatic rings. The van der Waals surface area contributed by atoms with Gasteiger partial charge in [0.15, 0.2) is 0 Å². The summed E-state index contributed by atoms with van der Waals surface area (Å²) in [5, 5.41) is 4.84. The molecule has 0 heterocycles. The van der Waals surface area contributed by atoms with Gasteiger partial charge in [0.25, 0.3) is 11.8 Å². The van der Waals surface area contributed by atoms with E-state index in [0.717, 1.165) is 5.56 Å². The van der Waals surface area contributed by atoms with Gasteiger partial charge < -0.3 is 29.6 Å². The van der Waals surface area contributed by atoms with Gasteiger partial charge in [-0.2, -0.15) is 0 Å². The van der Waals surface area contributed by atoms with E-state index in [1.807, 2.05) is 6.07 Å². The normalized spacial score (nSPS) is 13.2. The molecule has 0 saturated carbocycles. The average molecular weight is 595 g/mol. The van der Waals surface area contributed by atoms with E-state index in [-0.39, 0.29) is 26.1 Å². The number of carbonyl (C=O) groups excluding carboxylic acids is 5. The molecular formula is C29H46N4O9. The van der Waals surface area contributed by atoms with Crippen molar-refractivity contribution in [2.75, 3.05) is 6.61 Å². The highest BCUT2D eigenvalue weighted by Gasteiger charge is 2.29. The second kappa shape index (κ2) is 15.9. The van der Waals surface area contributed by atoms with Crippen molar-refractivity contribution in [3.8, 4) is 0 Å². The van der Waals surface area contributed by atoms with E-state index in [0.29, 0.717) is 0 Å².